The van der Waals surface area contributed by atoms with Gasteiger partial charge in [-0.1, -0.05) is 0 Å². The highest BCUT2D eigenvalue weighted by Gasteiger charge is 2.30. The molecule has 5 rings (SSSR count). The number of fused-ring (bicyclic) bond motifs is 1. The smallest absolute Gasteiger partial charge is 0.168 e. The number of hydrogen-bond acceptors (Lipinski definition) is 6. The lowest BCUT2D eigenvalue weighted by atomic mass is 10.1. The minimum Gasteiger partial charge on any atom is -0.392 e. The van der Waals surface area contributed by atoms with E-state index in [1.807, 2.05) is 0 Å². The third-order valence-corrected chi connectivity index (χ3v) is 5.37. The normalized spacial score (nSPS) is 21.8. The van der Waals surface area contributed by atoms with Crippen LogP contribution in [0.1, 0.15) is 30.0 Å². The number of aromatic nitrogens is 4. The van der Waals surface area contributed by atoms with Gasteiger partial charge in [-0.2, -0.15) is 5.10 Å². The van der Waals surface area contributed by atoms with Gasteiger partial charge in [0, 0.05) is 30.6 Å². The number of imidazole rings is 1. The van der Waals surface area contributed by atoms with Crippen LogP contribution in [0.3, 0.4) is 0 Å². The van der Waals surface area contributed by atoms with E-state index in [4.69, 9.17) is 0 Å². The van der Waals surface area contributed by atoms with Gasteiger partial charge in [-0.3, -0.25) is 0 Å². The van der Waals surface area contributed by atoms with Gasteiger partial charge in [0.1, 0.15) is 17.6 Å². The van der Waals surface area contributed by atoms with Gasteiger partial charge in [0.05, 0.1) is 24.5 Å². The number of rotatable bonds is 5. The van der Waals surface area contributed by atoms with Gasteiger partial charge in [0.15, 0.2) is 23.1 Å². The fraction of sp³-hybridized carbons (Fsp3) is 0.421. The quantitative estimate of drug-likeness (QED) is 0.604. The zero-order valence-corrected chi connectivity index (χ0v) is 15.4. The van der Waals surface area contributed by atoms with Gasteiger partial charge in [-0.25, -0.2) is 27.7 Å². The van der Waals surface area contributed by atoms with Crippen LogP contribution in [0.4, 0.5) is 19.0 Å². The van der Waals surface area contributed by atoms with Crippen molar-refractivity contribution in [3.63, 3.8) is 0 Å². The van der Waals surface area contributed by atoms with Crippen LogP contribution in [0.15, 0.2) is 18.3 Å². The van der Waals surface area contributed by atoms with Gasteiger partial charge < -0.3 is 15.7 Å². The predicted octanol–water partition coefficient (Wildman–Crippen LogP) is 2.16. The lowest BCUT2D eigenvalue weighted by Gasteiger charge is -2.16. The highest BCUT2D eigenvalue weighted by molar-refractivity contribution is 5.63. The van der Waals surface area contributed by atoms with Crippen LogP contribution in [-0.4, -0.2) is 50.0 Å². The van der Waals surface area contributed by atoms with Gasteiger partial charge in [-0.15, -0.1) is 0 Å². The van der Waals surface area contributed by atoms with Crippen LogP contribution < -0.4 is 10.6 Å². The van der Waals surface area contributed by atoms with E-state index in [1.165, 1.54) is 10.7 Å². The average molecular weight is 404 g/mol. The number of nitrogens with one attached hydrogen (secondary N) is 2. The molecule has 29 heavy (non-hydrogen) atoms. The lowest BCUT2D eigenvalue weighted by Crippen LogP contribution is -2.30. The molecule has 1 aliphatic carbocycles. The molecular formula is C19H19F3N6O. The predicted molar refractivity (Wildman–Crippen MR) is 99.2 cm³/mol. The number of aliphatic hydroxyl groups is 1. The molecule has 1 saturated heterocycles. The number of alkyl halides is 1. The van der Waals surface area contributed by atoms with Crippen molar-refractivity contribution < 1.29 is 18.3 Å². The third kappa shape index (κ3) is 3.22. The first-order valence-corrected chi connectivity index (χ1v) is 9.51. The number of anilines is 1. The van der Waals surface area contributed by atoms with Crippen LogP contribution >= 0.6 is 0 Å². The van der Waals surface area contributed by atoms with Crippen LogP contribution in [-0.2, 0) is 6.61 Å². The first-order valence-electron chi connectivity index (χ1n) is 9.51. The monoisotopic (exact) mass is 404 g/mol. The van der Waals surface area contributed by atoms with Crippen molar-refractivity contribution in [1.29, 1.82) is 0 Å². The highest BCUT2D eigenvalue weighted by Crippen LogP contribution is 2.41. The molecule has 1 saturated carbocycles. The molecule has 0 radical (unpaired) electrons. The maximum atomic E-state index is 14.6. The summed E-state index contributed by atoms with van der Waals surface area (Å²) >= 11 is 0. The van der Waals surface area contributed by atoms with E-state index in [2.05, 4.69) is 25.7 Å². The second kappa shape index (κ2) is 6.96. The molecule has 2 aliphatic rings. The average Bonchev–Trinajstić information content (AvgIpc) is 3.36. The van der Waals surface area contributed by atoms with E-state index in [-0.39, 0.29) is 36.3 Å². The Labute approximate surface area is 164 Å². The van der Waals surface area contributed by atoms with Crippen LogP contribution in [0, 0.1) is 11.6 Å². The number of halogens is 3. The Kier molecular flexibility index (Phi) is 4.39. The topological polar surface area (TPSA) is 87.4 Å². The summed E-state index contributed by atoms with van der Waals surface area (Å²) < 4.78 is 44.2. The number of aliphatic hydroxyl groups excluding tert-OH is 1. The van der Waals surface area contributed by atoms with E-state index < -0.39 is 23.8 Å². The molecule has 2 atom stereocenters. The minimum absolute atomic E-state index is 0.131. The molecule has 7 nitrogen and oxygen atoms in total. The Hall–Kier alpha value is -2.72. The molecule has 0 unspecified atom stereocenters. The fourth-order valence-electron chi connectivity index (χ4n) is 3.67. The Morgan fingerprint density at radius 3 is 2.72 bits per heavy atom. The molecular weight excluding hydrogens is 385 g/mol. The number of hydrogen-bond donors (Lipinski definition) is 3. The second-order valence-corrected chi connectivity index (χ2v) is 7.47. The Morgan fingerprint density at radius 2 is 2.03 bits per heavy atom. The van der Waals surface area contributed by atoms with Crippen molar-refractivity contribution >= 4 is 11.5 Å². The molecule has 10 heteroatoms. The van der Waals surface area contributed by atoms with Crippen molar-refractivity contribution in [2.75, 3.05) is 18.4 Å². The molecule has 0 amide bonds. The van der Waals surface area contributed by atoms with Gasteiger partial charge in [-0.05, 0) is 18.9 Å². The van der Waals surface area contributed by atoms with Crippen molar-refractivity contribution in [1.82, 2.24) is 24.9 Å². The molecule has 3 aromatic rings. The van der Waals surface area contributed by atoms with E-state index in [0.29, 0.717) is 17.8 Å². The summed E-state index contributed by atoms with van der Waals surface area (Å²) in [6.45, 7) is 0.330. The van der Waals surface area contributed by atoms with Gasteiger partial charge in [0.2, 0.25) is 0 Å². The van der Waals surface area contributed by atoms with Crippen LogP contribution in [0.25, 0.3) is 17.0 Å². The molecule has 3 N–H and O–H groups in total. The van der Waals surface area contributed by atoms with Gasteiger partial charge >= 0.3 is 0 Å². The summed E-state index contributed by atoms with van der Waals surface area (Å²) in [4.78, 5) is 8.32. The van der Waals surface area contributed by atoms with E-state index in [0.717, 1.165) is 24.6 Å². The molecule has 4 heterocycles. The second-order valence-electron chi connectivity index (χ2n) is 7.47. The maximum Gasteiger partial charge on any atom is 0.168 e. The summed E-state index contributed by atoms with van der Waals surface area (Å²) in [5.74, 6) is -1.72. The Bertz CT molecular complexity index is 1080. The molecule has 2 fully saturated rings. The number of pyridine rings is 1. The summed E-state index contributed by atoms with van der Waals surface area (Å²) in [6, 6.07) is 1.79. The van der Waals surface area contributed by atoms with Crippen molar-refractivity contribution in [3.8, 4) is 11.4 Å². The zero-order chi connectivity index (χ0) is 20.1. The van der Waals surface area contributed by atoms with Crippen LogP contribution in [0.5, 0.6) is 0 Å². The maximum absolute atomic E-state index is 14.6. The van der Waals surface area contributed by atoms with Crippen molar-refractivity contribution in [2.45, 2.75) is 37.6 Å². The van der Waals surface area contributed by atoms with Gasteiger partial charge in [0.25, 0.3) is 0 Å². The fourth-order valence-corrected chi connectivity index (χ4v) is 3.67. The summed E-state index contributed by atoms with van der Waals surface area (Å²) in [5, 5.41) is 19.8. The van der Waals surface area contributed by atoms with Crippen molar-refractivity contribution in [2.24, 2.45) is 0 Å². The van der Waals surface area contributed by atoms with Crippen LogP contribution in [0.2, 0.25) is 0 Å². The first kappa shape index (κ1) is 18.3. The van der Waals surface area contributed by atoms with Crippen molar-refractivity contribution in [3.05, 3.63) is 41.2 Å². The molecule has 0 aromatic carbocycles. The molecule has 0 spiro atoms. The largest absolute Gasteiger partial charge is 0.392 e. The van der Waals surface area contributed by atoms with E-state index in [9.17, 15) is 18.3 Å². The standard InChI is InChI=1S/C19H19F3N6O/c20-11-4-12(21)19(25-14-6-23-5-13(14)22)26-18(11)15-7-24-16-3-10(8-29)17(9-1-2-9)27-28(15)16/h3-4,7,9,13-14,23,29H,1-2,5-6,8H2,(H,25,26)/t13-,14-/m0/s1. The molecule has 152 valence electrons. The summed E-state index contributed by atoms with van der Waals surface area (Å²) in [5.41, 5.74) is 1.99. The zero-order valence-electron chi connectivity index (χ0n) is 15.4. The van der Waals surface area contributed by atoms with E-state index >= 15 is 0 Å². The SMILES string of the molecule is OCc1cc2ncc(-c3nc(N[C@H]4CNC[C@@H]4F)c(F)cc3F)n2nc1C1CC1. The van der Waals surface area contributed by atoms with E-state index in [1.54, 1.807) is 6.07 Å². The first-order chi connectivity index (χ1) is 14.0. The minimum atomic E-state index is -1.19. The lowest BCUT2D eigenvalue weighted by molar-refractivity contribution is 0.279. The Morgan fingerprint density at radius 1 is 1.21 bits per heavy atom. The third-order valence-electron chi connectivity index (χ3n) is 5.37. The molecule has 3 aromatic heterocycles. The highest BCUT2D eigenvalue weighted by atomic mass is 19.1. The molecule has 0 bridgehead atoms. The summed E-state index contributed by atoms with van der Waals surface area (Å²) in [6.07, 6.45) is 2.17. The Balaban J connectivity index is 1.59. The number of nitrogens with zero attached hydrogens (tertiary/aromatic N) is 4. The molecule has 1 aliphatic heterocycles. The summed E-state index contributed by atoms with van der Waals surface area (Å²) in [7, 11) is 0.